The van der Waals surface area contributed by atoms with E-state index in [1.54, 1.807) is 18.5 Å². The van der Waals surface area contributed by atoms with Crippen molar-refractivity contribution in [1.29, 1.82) is 0 Å². The third-order valence-electron chi connectivity index (χ3n) is 4.92. The molecule has 7 heteroatoms. The molecule has 0 atom stereocenters. The van der Waals surface area contributed by atoms with E-state index in [-0.39, 0.29) is 5.82 Å². The fraction of sp³-hybridized carbons (Fsp3) is 0.130. The van der Waals surface area contributed by atoms with Crippen LogP contribution in [0.3, 0.4) is 0 Å². The molecule has 0 unspecified atom stereocenters. The van der Waals surface area contributed by atoms with Gasteiger partial charge in [-0.15, -0.1) is 0 Å². The van der Waals surface area contributed by atoms with Gasteiger partial charge in [-0.3, -0.25) is 9.38 Å². The Morgan fingerprint density at radius 2 is 1.80 bits per heavy atom. The van der Waals surface area contributed by atoms with Crippen molar-refractivity contribution < 1.29 is 9.13 Å². The lowest BCUT2D eigenvalue weighted by Gasteiger charge is -2.09. The average Bonchev–Trinajstić information content (AvgIpc) is 3.16. The Morgan fingerprint density at radius 3 is 2.60 bits per heavy atom. The quantitative estimate of drug-likeness (QED) is 0.432. The lowest BCUT2D eigenvalue weighted by atomic mass is 10.0. The van der Waals surface area contributed by atoms with E-state index in [0.717, 1.165) is 39.1 Å². The van der Waals surface area contributed by atoms with E-state index >= 15 is 0 Å². The minimum absolute atomic E-state index is 0.299. The Bertz CT molecular complexity index is 1370. The van der Waals surface area contributed by atoms with Gasteiger partial charge in [0.1, 0.15) is 11.5 Å². The molecule has 148 valence electrons. The number of ether oxygens (including phenoxy) is 1. The summed E-state index contributed by atoms with van der Waals surface area (Å²) in [5.41, 5.74) is 5.96. The predicted octanol–water partition coefficient (Wildman–Crippen LogP) is 4.85. The van der Waals surface area contributed by atoms with Crippen molar-refractivity contribution in [2.24, 2.45) is 0 Å². The van der Waals surface area contributed by atoms with Crippen molar-refractivity contribution in [3.63, 3.8) is 0 Å². The van der Waals surface area contributed by atoms with Gasteiger partial charge in [-0.05, 0) is 49.7 Å². The molecule has 5 rings (SSSR count). The number of aryl methyl sites for hydroxylation is 1. The lowest BCUT2D eigenvalue weighted by Crippen LogP contribution is -1.97. The van der Waals surface area contributed by atoms with Crippen molar-refractivity contribution in [2.75, 3.05) is 6.61 Å². The van der Waals surface area contributed by atoms with E-state index in [1.165, 1.54) is 12.1 Å². The predicted molar refractivity (Wildman–Crippen MR) is 113 cm³/mol. The van der Waals surface area contributed by atoms with Gasteiger partial charge in [-0.25, -0.2) is 19.3 Å². The molecule has 0 saturated carbocycles. The maximum atomic E-state index is 13.7. The zero-order chi connectivity index (χ0) is 20.7. The number of halogens is 1. The molecule has 0 bridgehead atoms. The molecular formula is C23H18FN5O. The van der Waals surface area contributed by atoms with Crippen molar-refractivity contribution in [3.05, 3.63) is 72.7 Å². The van der Waals surface area contributed by atoms with Crippen LogP contribution in [0.4, 0.5) is 4.39 Å². The summed E-state index contributed by atoms with van der Waals surface area (Å²) < 4.78 is 21.0. The first kappa shape index (κ1) is 18.2. The number of nitrogens with zero attached hydrogens (tertiary/aromatic N) is 5. The van der Waals surface area contributed by atoms with Gasteiger partial charge in [0.2, 0.25) is 0 Å². The van der Waals surface area contributed by atoms with Crippen LogP contribution >= 0.6 is 0 Å². The molecule has 0 amide bonds. The molecule has 5 aromatic rings. The summed E-state index contributed by atoms with van der Waals surface area (Å²) in [6.45, 7) is 4.32. The molecule has 1 aromatic carbocycles. The van der Waals surface area contributed by atoms with Crippen LogP contribution in [0.25, 0.3) is 38.9 Å². The van der Waals surface area contributed by atoms with Crippen LogP contribution in [0, 0.1) is 12.7 Å². The molecule has 0 N–H and O–H groups in total. The largest absolute Gasteiger partial charge is 0.464 e. The fourth-order valence-electron chi connectivity index (χ4n) is 3.57. The van der Waals surface area contributed by atoms with E-state index in [0.29, 0.717) is 18.1 Å². The van der Waals surface area contributed by atoms with Gasteiger partial charge in [0.15, 0.2) is 0 Å². The topological polar surface area (TPSA) is 65.2 Å². The van der Waals surface area contributed by atoms with Gasteiger partial charge in [0.25, 0.3) is 0 Å². The van der Waals surface area contributed by atoms with Crippen LogP contribution in [0.2, 0.25) is 0 Å². The molecule has 0 aliphatic heterocycles. The Hall–Kier alpha value is -3.87. The van der Waals surface area contributed by atoms with Gasteiger partial charge in [-0.1, -0.05) is 0 Å². The van der Waals surface area contributed by atoms with E-state index < -0.39 is 0 Å². The second-order valence-corrected chi connectivity index (χ2v) is 6.95. The van der Waals surface area contributed by atoms with Crippen LogP contribution in [-0.2, 0) is 0 Å². The van der Waals surface area contributed by atoms with Crippen LogP contribution in [0.1, 0.15) is 12.6 Å². The van der Waals surface area contributed by atoms with Crippen molar-refractivity contribution >= 4 is 16.6 Å². The third kappa shape index (κ3) is 3.14. The van der Waals surface area contributed by atoms with Crippen LogP contribution < -0.4 is 4.74 Å². The summed E-state index contributed by atoms with van der Waals surface area (Å²) in [4.78, 5) is 17.5. The van der Waals surface area contributed by atoms with Gasteiger partial charge in [0.05, 0.1) is 24.0 Å². The second-order valence-electron chi connectivity index (χ2n) is 6.95. The molecule has 0 saturated heterocycles. The SMILES string of the molecule is CCOc1ncc(-c2ccn3c(-c4cc(C)nc5cc(F)ccc45)cnc3c2)cn1. The monoisotopic (exact) mass is 399 g/mol. The maximum absolute atomic E-state index is 13.7. The van der Waals surface area contributed by atoms with Crippen LogP contribution in [-0.4, -0.2) is 30.9 Å². The standard InChI is InChI=1S/C23H18FN5O/c1-3-30-23-26-11-16(12-27-23)15-6-7-29-21(13-25-22(29)9-15)19-8-14(2)28-20-10-17(24)4-5-18(19)20/h4-13H,3H2,1-2H3. The van der Waals surface area contributed by atoms with Gasteiger partial charge in [0, 0.05) is 46.9 Å². The molecule has 6 nitrogen and oxygen atoms in total. The first-order valence-electron chi connectivity index (χ1n) is 9.62. The van der Waals surface area contributed by atoms with Crippen LogP contribution in [0.15, 0.2) is 61.2 Å². The van der Waals surface area contributed by atoms with Crippen molar-refractivity contribution in [3.8, 4) is 28.4 Å². The number of hydrogen-bond acceptors (Lipinski definition) is 5. The lowest BCUT2D eigenvalue weighted by molar-refractivity contribution is 0.312. The molecule has 0 fully saturated rings. The third-order valence-corrected chi connectivity index (χ3v) is 4.92. The highest BCUT2D eigenvalue weighted by Crippen LogP contribution is 2.31. The Morgan fingerprint density at radius 1 is 0.967 bits per heavy atom. The number of fused-ring (bicyclic) bond motifs is 2. The fourth-order valence-corrected chi connectivity index (χ4v) is 3.57. The van der Waals surface area contributed by atoms with E-state index in [4.69, 9.17) is 4.74 Å². The van der Waals surface area contributed by atoms with Crippen LogP contribution in [0.5, 0.6) is 6.01 Å². The Kier molecular flexibility index (Phi) is 4.35. The Balaban J connectivity index is 1.60. The number of hydrogen-bond donors (Lipinski definition) is 0. The molecule has 0 radical (unpaired) electrons. The summed E-state index contributed by atoms with van der Waals surface area (Å²) in [6, 6.07) is 11.0. The van der Waals surface area contributed by atoms with Crippen molar-refractivity contribution in [2.45, 2.75) is 13.8 Å². The normalized spacial score (nSPS) is 11.3. The molecule has 0 spiro atoms. The maximum Gasteiger partial charge on any atom is 0.316 e. The van der Waals surface area contributed by atoms with Gasteiger partial charge >= 0.3 is 6.01 Å². The minimum Gasteiger partial charge on any atom is -0.464 e. The number of imidazole rings is 1. The second kappa shape index (κ2) is 7.18. The summed E-state index contributed by atoms with van der Waals surface area (Å²) in [5.74, 6) is -0.299. The summed E-state index contributed by atoms with van der Waals surface area (Å²) in [5, 5.41) is 0.882. The summed E-state index contributed by atoms with van der Waals surface area (Å²) in [7, 11) is 0. The molecule has 0 aliphatic carbocycles. The average molecular weight is 399 g/mol. The number of rotatable bonds is 4. The zero-order valence-corrected chi connectivity index (χ0v) is 16.5. The Labute approximate surface area is 172 Å². The van der Waals surface area contributed by atoms with E-state index in [9.17, 15) is 4.39 Å². The number of pyridine rings is 2. The first-order valence-corrected chi connectivity index (χ1v) is 9.62. The number of aromatic nitrogens is 5. The number of benzene rings is 1. The summed E-state index contributed by atoms with van der Waals surface area (Å²) >= 11 is 0. The van der Waals surface area contributed by atoms with E-state index in [2.05, 4.69) is 19.9 Å². The molecule has 0 aliphatic rings. The minimum atomic E-state index is -0.299. The van der Waals surface area contributed by atoms with Gasteiger partial charge in [-0.2, -0.15) is 0 Å². The highest BCUT2D eigenvalue weighted by atomic mass is 19.1. The molecule has 30 heavy (non-hydrogen) atoms. The van der Waals surface area contributed by atoms with Crippen molar-refractivity contribution in [1.82, 2.24) is 24.3 Å². The molecule has 4 aromatic heterocycles. The molecule has 4 heterocycles. The highest BCUT2D eigenvalue weighted by molar-refractivity contribution is 5.94. The molecular weight excluding hydrogens is 381 g/mol. The first-order chi connectivity index (χ1) is 14.6. The van der Waals surface area contributed by atoms with Gasteiger partial charge < -0.3 is 4.74 Å². The smallest absolute Gasteiger partial charge is 0.316 e. The zero-order valence-electron chi connectivity index (χ0n) is 16.5. The van der Waals surface area contributed by atoms with E-state index in [1.807, 2.05) is 48.8 Å². The summed E-state index contributed by atoms with van der Waals surface area (Å²) in [6.07, 6.45) is 7.27. The highest BCUT2D eigenvalue weighted by Gasteiger charge is 2.13.